The summed E-state index contributed by atoms with van der Waals surface area (Å²) >= 11 is 6.09. The molecule has 2 aromatic rings. The first kappa shape index (κ1) is 13.8. The molecule has 102 valence electrons. The van der Waals surface area contributed by atoms with Gasteiger partial charge < -0.3 is 0 Å². The molecule has 2 rings (SSSR count). The molecule has 0 aromatic carbocycles. The Bertz CT molecular complexity index is 600. The Balaban J connectivity index is 2.46. The van der Waals surface area contributed by atoms with Crippen molar-refractivity contribution >= 4 is 17.4 Å². The zero-order chi connectivity index (χ0) is 14.0. The maximum atomic E-state index is 12.6. The summed E-state index contributed by atoms with van der Waals surface area (Å²) in [4.78, 5) is 12.6. The Kier molecular flexibility index (Phi) is 4.04. The lowest BCUT2D eigenvalue weighted by atomic mass is 10.2. The monoisotopic (exact) mass is 280 g/mol. The number of halogens is 1. The van der Waals surface area contributed by atoms with Gasteiger partial charge in [-0.2, -0.15) is 10.2 Å². The number of ketones is 1. The van der Waals surface area contributed by atoms with Gasteiger partial charge in [-0.1, -0.05) is 18.5 Å². The molecule has 0 aliphatic rings. The molecule has 0 saturated carbocycles. The molecule has 0 N–H and O–H groups in total. The molecule has 0 atom stereocenters. The van der Waals surface area contributed by atoms with Crippen molar-refractivity contribution in [2.45, 2.75) is 40.3 Å². The van der Waals surface area contributed by atoms with Gasteiger partial charge in [0.15, 0.2) is 0 Å². The maximum Gasteiger partial charge on any atom is 0.230 e. The first-order valence-electron chi connectivity index (χ1n) is 6.38. The number of carbonyl (C=O) groups excluding carboxylic acids is 1. The predicted molar refractivity (Wildman–Crippen MR) is 73.6 cm³/mol. The van der Waals surface area contributed by atoms with Crippen molar-refractivity contribution in [3.63, 3.8) is 0 Å². The van der Waals surface area contributed by atoms with Crippen LogP contribution in [0, 0.1) is 6.92 Å². The number of rotatable bonds is 5. The van der Waals surface area contributed by atoms with Crippen molar-refractivity contribution in [1.29, 1.82) is 0 Å². The zero-order valence-corrected chi connectivity index (χ0v) is 12.1. The Morgan fingerprint density at radius 2 is 2.11 bits per heavy atom. The average Bonchev–Trinajstić information content (AvgIpc) is 2.93. The summed E-state index contributed by atoms with van der Waals surface area (Å²) in [6.45, 7) is 7.17. The molecule has 0 aliphatic heterocycles. The molecule has 19 heavy (non-hydrogen) atoms. The van der Waals surface area contributed by atoms with Crippen molar-refractivity contribution in [1.82, 2.24) is 19.6 Å². The summed E-state index contributed by atoms with van der Waals surface area (Å²) in [6, 6.07) is 1.78. The highest BCUT2D eigenvalue weighted by atomic mass is 35.5. The minimum atomic E-state index is -0.126. The van der Waals surface area contributed by atoms with Crippen molar-refractivity contribution < 1.29 is 4.79 Å². The van der Waals surface area contributed by atoms with Crippen molar-refractivity contribution in [3.8, 4) is 0 Å². The Labute approximate surface area is 117 Å². The number of carbonyl (C=O) groups is 1. The Hall–Kier alpha value is -1.62. The Morgan fingerprint density at radius 1 is 1.37 bits per heavy atom. The lowest BCUT2D eigenvalue weighted by Crippen LogP contribution is -2.16. The van der Waals surface area contributed by atoms with Gasteiger partial charge in [0.1, 0.15) is 11.4 Å². The van der Waals surface area contributed by atoms with Crippen molar-refractivity contribution in [2.75, 3.05) is 0 Å². The van der Waals surface area contributed by atoms with Gasteiger partial charge in [0.25, 0.3) is 0 Å². The van der Waals surface area contributed by atoms with Gasteiger partial charge in [0, 0.05) is 13.1 Å². The van der Waals surface area contributed by atoms with Crippen LogP contribution in [-0.2, 0) is 13.1 Å². The van der Waals surface area contributed by atoms with E-state index in [4.69, 9.17) is 11.6 Å². The van der Waals surface area contributed by atoms with E-state index in [2.05, 4.69) is 10.2 Å². The molecule has 6 heteroatoms. The minimum absolute atomic E-state index is 0.126. The van der Waals surface area contributed by atoms with E-state index in [-0.39, 0.29) is 5.78 Å². The zero-order valence-electron chi connectivity index (χ0n) is 11.4. The van der Waals surface area contributed by atoms with Crippen LogP contribution in [0.1, 0.15) is 42.1 Å². The van der Waals surface area contributed by atoms with Crippen LogP contribution in [0.4, 0.5) is 0 Å². The molecule has 0 spiro atoms. The van der Waals surface area contributed by atoms with E-state index in [1.807, 2.05) is 20.8 Å². The van der Waals surface area contributed by atoms with Crippen LogP contribution in [0.5, 0.6) is 0 Å². The number of aryl methyl sites for hydroxylation is 3. The van der Waals surface area contributed by atoms with E-state index in [0.29, 0.717) is 29.5 Å². The fraction of sp³-hybridized carbons (Fsp3) is 0.462. The van der Waals surface area contributed by atoms with E-state index in [9.17, 15) is 4.79 Å². The van der Waals surface area contributed by atoms with E-state index >= 15 is 0 Å². The lowest BCUT2D eigenvalue weighted by molar-refractivity contribution is 0.101. The molecule has 2 aromatic heterocycles. The highest BCUT2D eigenvalue weighted by molar-refractivity contribution is 6.34. The smallest absolute Gasteiger partial charge is 0.230 e. The van der Waals surface area contributed by atoms with Crippen LogP contribution in [0.15, 0.2) is 12.3 Å². The third-order valence-corrected chi connectivity index (χ3v) is 3.16. The number of hydrogen-bond donors (Lipinski definition) is 0. The minimum Gasteiger partial charge on any atom is -0.285 e. The summed E-state index contributed by atoms with van der Waals surface area (Å²) in [5.74, 6) is -0.126. The average molecular weight is 281 g/mol. The van der Waals surface area contributed by atoms with E-state index < -0.39 is 0 Å². The van der Waals surface area contributed by atoms with Crippen LogP contribution in [0.25, 0.3) is 0 Å². The molecule has 0 saturated heterocycles. The van der Waals surface area contributed by atoms with Crippen LogP contribution >= 0.6 is 11.6 Å². The summed E-state index contributed by atoms with van der Waals surface area (Å²) in [7, 11) is 0. The fourth-order valence-corrected chi connectivity index (χ4v) is 2.29. The molecule has 2 heterocycles. The highest BCUT2D eigenvalue weighted by Gasteiger charge is 2.22. The normalized spacial score (nSPS) is 10.9. The van der Waals surface area contributed by atoms with Crippen LogP contribution < -0.4 is 0 Å². The predicted octanol–water partition coefficient (Wildman–Crippen LogP) is 2.70. The van der Waals surface area contributed by atoms with Crippen LogP contribution in [0.3, 0.4) is 0 Å². The summed E-state index contributed by atoms with van der Waals surface area (Å²) in [5.41, 5.74) is 1.82. The summed E-state index contributed by atoms with van der Waals surface area (Å²) in [6.07, 6.45) is 2.41. The van der Waals surface area contributed by atoms with Gasteiger partial charge in [-0.15, -0.1) is 0 Å². The van der Waals surface area contributed by atoms with Gasteiger partial charge in [-0.3, -0.25) is 14.2 Å². The number of nitrogens with zero attached hydrogens (tertiary/aromatic N) is 4. The maximum absolute atomic E-state index is 12.6. The fourth-order valence-electron chi connectivity index (χ4n) is 2.06. The standard InChI is InChI=1S/C13H17ClN4O/c1-4-6-18-12(10(14)8-15-18)13(19)11-7-9(3)16-17(11)5-2/h7-8H,4-6H2,1-3H3. The van der Waals surface area contributed by atoms with Crippen molar-refractivity contribution in [2.24, 2.45) is 0 Å². The summed E-state index contributed by atoms with van der Waals surface area (Å²) < 4.78 is 3.35. The SMILES string of the molecule is CCCn1ncc(Cl)c1C(=O)c1cc(C)nn1CC. The molecule has 0 amide bonds. The largest absolute Gasteiger partial charge is 0.285 e. The highest BCUT2D eigenvalue weighted by Crippen LogP contribution is 2.20. The molecular formula is C13H17ClN4O. The van der Waals surface area contributed by atoms with Crippen molar-refractivity contribution in [3.05, 3.63) is 34.4 Å². The first-order valence-corrected chi connectivity index (χ1v) is 6.76. The molecule has 5 nitrogen and oxygen atoms in total. The van der Waals surface area contributed by atoms with Gasteiger partial charge in [-0.25, -0.2) is 0 Å². The van der Waals surface area contributed by atoms with Crippen LogP contribution in [-0.4, -0.2) is 25.3 Å². The van der Waals surface area contributed by atoms with Crippen LogP contribution in [0.2, 0.25) is 5.02 Å². The second kappa shape index (κ2) is 5.57. The van der Waals surface area contributed by atoms with E-state index in [0.717, 1.165) is 12.1 Å². The number of aromatic nitrogens is 4. The van der Waals surface area contributed by atoms with Gasteiger partial charge in [0.2, 0.25) is 5.78 Å². The molecule has 0 aliphatic carbocycles. The molecule has 0 bridgehead atoms. The van der Waals surface area contributed by atoms with E-state index in [1.165, 1.54) is 6.20 Å². The second-order valence-corrected chi connectivity index (χ2v) is 4.79. The molecule has 0 radical (unpaired) electrons. The summed E-state index contributed by atoms with van der Waals surface area (Å²) in [5, 5.41) is 8.83. The van der Waals surface area contributed by atoms with Gasteiger partial charge in [0.05, 0.1) is 16.9 Å². The van der Waals surface area contributed by atoms with E-state index in [1.54, 1.807) is 15.4 Å². The topological polar surface area (TPSA) is 52.7 Å². The third-order valence-electron chi connectivity index (χ3n) is 2.88. The first-order chi connectivity index (χ1) is 9.08. The molecular weight excluding hydrogens is 264 g/mol. The van der Waals surface area contributed by atoms with Gasteiger partial charge >= 0.3 is 0 Å². The lowest BCUT2D eigenvalue weighted by Gasteiger charge is -2.07. The number of hydrogen-bond acceptors (Lipinski definition) is 3. The quantitative estimate of drug-likeness (QED) is 0.791. The molecule has 0 unspecified atom stereocenters. The third kappa shape index (κ3) is 2.56. The van der Waals surface area contributed by atoms with Gasteiger partial charge in [-0.05, 0) is 26.3 Å². The Morgan fingerprint density at radius 3 is 2.74 bits per heavy atom. The molecule has 0 fully saturated rings. The second-order valence-electron chi connectivity index (χ2n) is 4.38.